The van der Waals surface area contributed by atoms with E-state index >= 15 is 0 Å². The van der Waals surface area contributed by atoms with Crippen molar-refractivity contribution in [1.82, 2.24) is 0 Å². The summed E-state index contributed by atoms with van der Waals surface area (Å²) in [6.07, 6.45) is 0. The van der Waals surface area contributed by atoms with Crippen molar-refractivity contribution >= 4 is 76.7 Å². The third-order valence-electron chi connectivity index (χ3n) is 10.5. The van der Waals surface area contributed by atoms with Crippen molar-refractivity contribution in [2.45, 2.75) is 52.4 Å². The molecule has 7 aromatic rings. The van der Waals surface area contributed by atoms with Crippen LogP contribution in [0.4, 0.5) is 31.4 Å². The molecule has 2 aliphatic carbocycles. The second kappa shape index (κ2) is 10.8. The Morgan fingerprint density at radius 2 is 0.771 bits per heavy atom. The van der Waals surface area contributed by atoms with Gasteiger partial charge in [0.05, 0.1) is 0 Å². The first kappa shape index (κ1) is 30.1. The van der Waals surface area contributed by atoms with Gasteiger partial charge in [-0.2, -0.15) is 0 Å². The van der Waals surface area contributed by atoms with Gasteiger partial charge in [-0.3, -0.25) is 9.80 Å². The predicted octanol–water partition coefficient (Wildman–Crippen LogP) is 14.1. The second-order valence-corrected chi connectivity index (χ2v) is 17.7. The summed E-state index contributed by atoms with van der Waals surface area (Å²) in [7, 11) is 0. The Morgan fingerprint density at radius 1 is 0.438 bits per heavy atom. The van der Waals surface area contributed by atoms with E-state index in [1.165, 1.54) is 87.0 Å². The van der Waals surface area contributed by atoms with Gasteiger partial charge in [0.1, 0.15) is 20.0 Å². The number of hydrogen-bond acceptors (Lipinski definition) is 6. The second-order valence-electron chi connectivity index (χ2n) is 14.0. The standard InChI is InChI=1S/C42H36N2S4/c1-25-19-27(43(35-11-7-15-45-35)36-12-8-16-46-36)21-33-39(25)29-23-32-30(24-31(29)41(33,3)4)40-26(2)20-28(22-34(40)42(32,5)6)44(37-13-9-17-47-37)38-14-10-18-48-38/h7-24H,1-6H3. The van der Waals surface area contributed by atoms with Gasteiger partial charge in [-0.15, -0.1) is 45.3 Å². The number of fused-ring (bicyclic) bond motifs is 6. The van der Waals surface area contributed by atoms with Gasteiger partial charge in [0.2, 0.25) is 0 Å². The molecule has 3 aromatic carbocycles. The highest BCUT2D eigenvalue weighted by Crippen LogP contribution is 2.59. The molecule has 0 saturated carbocycles. The van der Waals surface area contributed by atoms with Crippen LogP contribution in [-0.4, -0.2) is 0 Å². The number of anilines is 6. The lowest BCUT2D eigenvalue weighted by molar-refractivity contribution is 0.652. The lowest BCUT2D eigenvalue weighted by Gasteiger charge is -2.27. The summed E-state index contributed by atoms with van der Waals surface area (Å²) in [5, 5.41) is 13.7. The Kier molecular flexibility index (Phi) is 6.77. The number of hydrogen-bond donors (Lipinski definition) is 0. The number of nitrogens with zero attached hydrogens (tertiary/aromatic N) is 2. The molecule has 0 radical (unpaired) electrons. The van der Waals surface area contributed by atoms with Crippen LogP contribution in [0.25, 0.3) is 22.3 Å². The zero-order valence-corrected chi connectivity index (χ0v) is 31.2. The number of aryl methyl sites for hydroxylation is 2. The van der Waals surface area contributed by atoms with Crippen LogP contribution in [0.3, 0.4) is 0 Å². The summed E-state index contributed by atoms with van der Waals surface area (Å²) in [6.45, 7) is 14.3. The van der Waals surface area contributed by atoms with Crippen molar-refractivity contribution in [1.29, 1.82) is 0 Å². The molecule has 48 heavy (non-hydrogen) atoms. The molecule has 0 bridgehead atoms. The minimum absolute atomic E-state index is 0.132. The molecule has 0 fully saturated rings. The van der Waals surface area contributed by atoms with Crippen LogP contribution in [0.1, 0.15) is 61.1 Å². The normalized spacial score (nSPS) is 14.8. The summed E-state index contributed by atoms with van der Waals surface area (Å²) < 4.78 is 0. The molecule has 0 atom stereocenters. The summed E-state index contributed by atoms with van der Waals surface area (Å²) in [5.74, 6) is 0. The molecule has 4 aromatic heterocycles. The van der Waals surface area contributed by atoms with E-state index in [1.54, 1.807) is 45.3 Å². The maximum atomic E-state index is 2.55. The average Bonchev–Trinajstić information content (AvgIpc) is 3.91. The van der Waals surface area contributed by atoms with Crippen LogP contribution in [0.2, 0.25) is 0 Å². The van der Waals surface area contributed by atoms with E-state index in [0.717, 1.165) is 0 Å². The van der Waals surface area contributed by atoms with Gasteiger partial charge in [0, 0.05) is 22.2 Å². The fourth-order valence-electron chi connectivity index (χ4n) is 8.15. The van der Waals surface area contributed by atoms with E-state index in [-0.39, 0.29) is 10.8 Å². The van der Waals surface area contributed by atoms with Gasteiger partial charge in [-0.1, -0.05) is 27.7 Å². The summed E-state index contributed by atoms with van der Waals surface area (Å²) in [4.78, 5) is 4.86. The first-order valence-corrected chi connectivity index (χ1v) is 19.9. The van der Waals surface area contributed by atoms with Crippen molar-refractivity contribution in [3.63, 3.8) is 0 Å². The van der Waals surface area contributed by atoms with Crippen LogP contribution < -0.4 is 9.80 Å². The molecular weight excluding hydrogens is 661 g/mol. The fourth-order valence-corrected chi connectivity index (χ4v) is 11.3. The Labute approximate surface area is 299 Å². The van der Waals surface area contributed by atoms with E-state index in [0.29, 0.717) is 0 Å². The molecule has 0 spiro atoms. The lowest BCUT2D eigenvalue weighted by Crippen LogP contribution is -2.18. The van der Waals surface area contributed by atoms with Gasteiger partial charge in [-0.05, 0) is 176 Å². The van der Waals surface area contributed by atoms with Gasteiger partial charge < -0.3 is 0 Å². The Bertz CT molecular complexity index is 2070. The zero-order chi connectivity index (χ0) is 32.9. The number of benzene rings is 3. The van der Waals surface area contributed by atoms with E-state index in [2.05, 4.69) is 158 Å². The molecular formula is C42H36N2S4. The molecule has 9 rings (SSSR count). The quantitative estimate of drug-likeness (QED) is 0.171. The SMILES string of the molecule is Cc1cc(N(c2cccs2)c2cccs2)cc2c1-c1cc3c(cc1C2(C)C)-c1c(C)cc(N(c2cccs2)c2cccs2)cc1C3(C)C. The predicted molar refractivity (Wildman–Crippen MR) is 212 cm³/mol. The topological polar surface area (TPSA) is 6.48 Å². The van der Waals surface area contributed by atoms with Gasteiger partial charge in [0.15, 0.2) is 0 Å². The molecule has 4 heterocycles. The number of rotatable bonds is 6. The third kappa shape index (κ3) is 4.32. The van der Waals surface area contributed by atoms with Crippen LogP contribution in [0.15, 0.2) is 106 Å². The number of thiophene rings is 4. The van der Waals surface area contributed by atoms with Gasteiger partial charge >= 0.3 is 0 Å². The van der Waals surface area contributed by atoms with E-state index in [9.17, 15) is 0 Å². The zero-order valence-electron chi connectivity index (χ0n) is 27.9. The molecule has 238 valence electrons. The van der Waals surface area contributed by atoms with Crippen LogP contribution >= 0.6 is 45.3 Å². The monoisotopic (exact) mass is 696 g/mol. The molecule has 0 N–H and O–H groups in total. The highest BCUT2D eigenvalue weighted by atomic mass is 32.1. The van der Waals surface area contributed by atoms with Gasteiger partial charge in [-0.25, -0.2) is 0 Å². The average molecular weight is 697 g/mol. The van der Waals surface area contributed by atoms with Crippen LogP contribution in [-0.2, 0) is 10.8 Å². The highest BCUT2D eigenvalue weighted by Gasteiger charge is 2.43. The summed E-state index contributed by atoms with van der Waals surface area (Å²) >= 11 is 7.16. The van der Waals surface area contributed by atoms with E-state index in [1.807, 2.05) is 0 Å². The van der Waals surface area contributed by atoms with Crippen molar-refractivity contribution in [2.75, 3.05) is 9.80 Å². The first-order valence-electron chi connectivity index (χ1n) is 16.4. The summed E-state index contributed by atoms with van der Waals surface area (Å²) in [5.41, 5.74) is 16.2. The molecule has 0 unspecified atom stereocenters. The van der Waals surface area contributed by atoms with Crippen molar-refractivity contribution in [3.8, 4) is 22.3 Å². The molecule has 0 aliphatic heterocycles. The minimum Gasteiger partial charge on any atom is -0.293 e. The molecule has 2 nitrogen and oxygen atoms in total. The van der Waals surface area contributed by atoms with E-state index in [4.69, 9.17) is 0 Å². The molecule has 6 heteroatoms. The fraction of sp³-hybridized carbons (Fsp3) is 0.190. The molecule has 0 saturated heterocycles. The lowest BCUT2D eigenvalue weighted by atomic mass is 9.79. The Hall–Kier alpha value is -3.94. The molecule has 0 amide bonds. The highest BCUT2D eigenvalue weighted by molar-refractivity contribution is 7.17. The van der Waals surface area contributed by atoms with Crippen LogP contribution in [0.5, 0.6) is 0 Å². The van der Waals surface area contributed by atoms with E-state index < -0.39 is 0 Å². The maximum Gasteiger partial charge on any atom is 0.101 e. The smallest absolute Gasteiger partial charge is 0.101 e. The maximum absolute atomic E-state index is 2.55. The summed E-state index contributed by atoms with van der Waals surface area (Å²) in [6, 6.07) is 32.3. The largest absolute Gasteiger partial charge is 0.293 e. The third-order valence-corrected chi connectivity index (χ3v) is 13.9. The van der Waals surface area contributed by atoms with Crippen molar-refractivity contribution in [3.05, 3.63) is 140 Å². The molecule has 2 aliphatic rings. The Balaban J connectivity index is 1.19. The Morgan fingerprint density at radius 3 is 1.06 bits per heavy atom. The van der Waals surface area contributed by atoms with Gasteiger partial charge in [0.25, 0.3) is 0 Å². The van der Waals surface area contributed by atoms with Crippen molar-refractivity contribution < 1.29 is 0 Å². The van der Waals surface area contributed by atoms with Crippen LogP contribution in [0, 0.1) is 13.8 Å². The van der Waals surface area contributed by atoms with Crippen molar-refractivity contribution in [2.24, 2.45) is 0 Å². The minimum atomic E-state index is -0.132. The first-order chi connectivity index (χ1) is 23.1.